The molecule has 1 N–H and O–H groups in total. The van der Waals surface area contributed by atoms with E-state index in [9.17, 15) is 18.0 Å². The summed E-state index contributed by atoms with van der Waals surface area (Å²) in [6, 6.07) is 15.7. The lowest BCUT2D eigenvalue weighted by Crippen LogP contribution is -2.30. The molecule has 0 bridgehead atoms. The first-order chi connectivity index (χ1) is 12.8. The third-order valence-electron chi connectivity index (χ3n) is 3.97. The zero-order valence-electron chi connectivity index (χ0n) is 14.2. The number of halogens is 4. The molecule has 0 aliphatic heterocycles. The molecule has 27 heavy (non-hydrogen) atoms. The number of carbonyl (C=O) groups is 1. The molecule has 0 unspecified atom stereocenters. The number of alkyl halides is 3. The number of rotatable bonds is 4. The van der Waals surface area contributed by atoms with Crippen molar-refractivity contribution in [1.29, 1.82) is 0 Å². The van der Waals surface area contributed by atoms with Gasteiger partial charge in [-0.3, -0.25) is 4.79 Å². The molecule has 1 atom stereocenters. The molecule has 0 aliphatic carbocycles. The van der Waals surface area contributed by atoms with E-state index in [4.69, 9.17) is 16.3 Å². The standard InChI is InChI=1S/C20H15ClF3NO2/c1-12(27-18-8-4-6-13-5-2-3-7-15(13)18)19(26)25-17-11-14(20(22,23)24)9-10-16(17)21/h2-12H,1H3,(H,25,26)/t12-/m1/s1. The highest BCUT2D eigenvalue weighted by atomic mass is 35.5. The largest absolute Gasteiger partial charge is 0.480 e. The predicted octanol–water partition coefficient (Wildman–Crippen LogP) is 5.92. The molecule has 0 aromatic heterocycles. The SMILES string of the molecule is C[C@@H](Oc1cccc2ccccc12)C(=O)Nc1cc(C(F)(F)F)ccc1Cl. The summed E-state index contributed by atoms with van der Waals surface area (Å²) in [6.45, 7) is 1.51. The Balaban J connectivity index is 1.78. The number of hydrogen-bond acceptors (Lipinski definition) is 2. The van der Waals surface area contributed by atoms with Crippen LogP contribution in [0.1, 0.15) is 12.5 Å². The number of carbonyl (C=O) groups excluding carboxylic acids is 1. The molecule has 140 valence electrons. The third-order valence-corrected chi connectivity index (χ3v) is 4.30. The minimum absolute atomic E-state index is 0.00807. The van der Waals surface area contributed by atoms with Gasteiger partial charge in [-0.15, -0.1) is 0 Å². The maximum absolute atomic E-state index is 12.9. The summed E-state index contributed by atoms with van der Waals surface area (Å²) in [6.07, 6.45) is -5.48. The van der Waals surface area contributed by atoms with E-state index in [0.717, 1.165) is 29.0 Å². The zero-order chi connectivity index (χ0) is 19.6. The van der Waals surface area contributed by atoms with Crippen molar-refractivity contribution in [3.8, 4) is 5.75 Å². The average molecular weight is 394 g/mol. The molecule has 3 nitrogen and oxygen atoms in total. The maximum atomic E-state index is 12.9. The molecule has 7 heteroatoms. The number of anilines is 1. The molecule has 3 aromatic carbocycles. The quantitative estimate of drug-likeness (QED) is 0.597. The molecule has 3 aromatic rings. The molecule has 0 radical (unpaired) electrons. The lowest BCUT2D eigenvalue weighted by atomic mass is 10.1. The Hall–Kier alpha value is -2.73. The van der Waals surface area contributed by atoms with Crippen LogP contribution in [0.3, 0.4) is 0 Å². The van der Waals surface area contributed by atoms with E-state index in [-0.39, 0.29) is 10.7 Å². The van der Waals surface area contributed by atoms with Crippen LogP contribution in [0, 0.1) is 0 Å². The van der Waals surface area contributed by atoms with E-state index >= 15 is 0 Å². The smallest absolute Gasteiger partial charge is 0.416 e. The van der Waals surface area contributed by atoms with Crippen molar-refractivity contribution >= 4 is 34.0 Å². The Morgan fingerprint density at radius 2 is 1.78 bits per heavy atom. The van der Waals surface area contributed by atoms with Gasteiger partial charge < -0.3 is 10.1 Å². The van der Waals surface area contributed by atoms with Crippen molar-refractivity contribution in [3.05, 3.63) is 71.2 Å². The van der Waals surface area contributed by atoms with E-state index in [1.54, 1.807) is 12.1 Å². The fourth-order valence-corrected chi connectivity index (χ4v) is 2.74. The Kier molecular flexibility index (Phi) is 5.28. The van der Waals surface area contributed by atoms with E-state index in [2.05, 4.69) is 5.32 Å². The topological polar surface area (TPSA) is 38.3 Å². The van der Waals surface area contributed by atoms with Crippen molar-refractivity contribution < 1.29 is 22.7 Å². The fraction of sp³-hybridized carbons (Fsp3) is 0.150. The van der Waals surface area contributed by atoms with Crippen LogP contribution in [0.15, 0.2) is 60.7 Å². The van der Waals surface area contributed by atoms with Crippen molar-refractivity contribution in [2.75, 3.05) is 5.32 Å². The van der Waals surface area contributed by atoms with Crippen LogP contribution < -0.4 is 10.1 Å². The minimum atomic E-state index is -4.53. The molecule has 0 saturated carbocycles. The summed E-state index contributed by atoms with van der Waals surface area (Å²) in [4.78, 5) is 12.4. The maximum Gasteiger partial charge on any atom is 0.416 e. The van der Waals surface area contributed by atoms with Crippen molar-refractivity contribution in [1.82, 2.24) is 0 Å². The number of hydrogen-bond donors (Lipinski definition) is 1. The van der Waals surface area contributed by atoms with Crippen LogP contribution in [-0.2, 0) is 11.0 Å². The second-order valence-corrected chi connectivity index (χ2v) is 6.33. The van der Waals surface area contributed by atoms with Crippen molar-refractivity contribution in [3.63, 3.8) is 0 Å². The second kappa shape index (κ2) is 7.48. The van der Waals surface area contributed by atoms with Gasteiger partial charge in [-0.25, -0.2) is 0 Å². The average Bonchev–Trinajstić information content (AvgIpc) is 2.62. The highest BCUT2D eigenvalue weighted by Crippen LogP contribution is 2.34. The van der Waals surface area contributed by atoms with E-state index < -0.39 is 23.8 Å². The normalized spacial score (nSPS) is 12.6. The first-order valence-electron chi connectivity index (χ1n) is 8.08. The Bertz CT molecular complexity index is 983. The molecule has 0 saturated heterocycles. The van der Waals surface area contributed by atoms with Crippen LogP contribution in [0.2, 0.25) is 5.02 Å². The third kappa shape index (κ3) is 4.34. The number of ether oxygens (including phenoxy) is 1. The first kappa shape index (κ1) is 19.0. The molecule has 0 aliphatic rings. The summed E-state index contributed by atoms with van der Waals surface area (Å²) >= 11 is 5.91. The van der Waals surface area contributed by atoms with Gasteiger partial charge in [0.1, 0.15) is 5.75 Å². The van der Waals surface area contributed by atoms with Crippen LogP contribution in [-0.4, -0.2) is 12.0 Å². The lowest BCUT2D eigenvalue weighted by molar-refractivity contribution is -0.137. The van der Waals surface area contributed by atoms with Gasteiger partial charge in [0.25, 0.3) is 5.91 Å². The molecular weight excluding hydrogens is 379 g/mol. The molecule has 0 fully saturated rings. The Morgan fingerprint density at radius 1 is 1.07 bits per heavy atom. The highest BCUT2D eigenvalue weighted by Gasteiger charge is 2.31. The predicted molar refractivity (Wildman–Crippen MR) is 99.1 cm³/mol. The fourth-order valence-electron chi connectivity index (χ4n) is 2.57. The van der Waals surface area contributed by atoms with Crippen LogP contribution >= 0.6 is 11.6 Å². The van der Waals surface area contributed by atoms with E-state index in [1.165, 1.54) is 6.92 Å². The number of fused-ring (bicyclic) bond motifs is 1. The van der Waals surface area contributed by atoms with Gasteiger partial charge in [0.15, 0.2) is 6.10 Å². The summed E-state index contributed by atoms with van der Waals surface area (Å²) in [5, 5.41) is 4.18. The summed E-state index contributed by atoms with van der Waals surface area (Å²) in [5.74, 6) is -0.102. The van der Waals surface area contributed by atoms with E-state index in [0.29, 0.717) is 5.75 Å². The zero-order valence-corrected chi connectivity index (χ0v) is 14.9. The number of nitrogens with one attached hydrogen (secondary N) is 1. The van der Waals surface area contributed by atoms with Gasteiger partial charge in [-0.05, 0) is 36.6 Å². The monoisotopic (exact) mass is 393 g/mol. The summed E-state index contributed by atoms with van der Waals surface area (Å²) < 4.78 is 44.3. The Labute approximate surface area is 158 Å². The highest BCUT2D eigenvalue weighted by molar-refractivity contribution is 6.33. The van der Waals surface area contributed by atoms with Gasteiger partial charge in [0.05, 0.1) is 16.3 Å². The van der Waals surface area contributed by atoms with Crippen LogP contribution in [0.4, 0.5) is 18.9 Å². The van der Waals surface area contributed by atoms with Gasteiger partial charge in [0, 0.05) is 5.39 Å². The van der Waals surface area contributed by atoms with Gasteiger partial charge >= 0.3 is 6.18 Å². The van der Waals surface area contributed by atoms with Gasteiger partial charge in [-0.2, -0.15) is 13.2 Å². The van der Waals surface area contributed by atoms with E-state index in [1.807, 2.05) is 30.3 Å². The molecule has 0 heterocycles. The summed E-state index contributed by atoms with van der Waals surface area (Å²) in [5.41, 5.74) is -1.02. The first-order valence-corrected chi connectivity index (χ1v) is 8.45. The molecule has 1 amide bonds. The number of amides is 1. The summed E-state index contributed by atoms with van der Waals surface area (Å²) in [7, 11) is 0. The lowest BCUT2D eigenvalue weighted by Gasteiger charge is -2.17. The van der Waals surface area contributed by atoms with Crippen LogP contribution in [0.25, 0.3) is 10.8 Å². The molecular formula is C20H15ClF3NO2. The molecule has 3 rings (SSSR count). The van der Waals surface area contributed by atoms with Crippen molar-refractivity contribution in [2.45, 2.75) is 19.2 Å². The van der Waals surface area contributed by atoms with Gasteiger partial charge in [0.2, 0.25) is 0 Å². The van der Waals surface area contributed by atoms with Crippen LogP contribution in [0.5, 0.6) is 5.75 Å². The number of benzene rings is 3. The second-order valence-electron chi connectivity index (χ2n) is 5.92. The Morgan fingerprint density at radius 3 is 2.52 bits per heavy atom. The van der Waals surface area contributed by atoms with Gasteiger partial charge in [-0.1, -0.05) is 48.0 Å². The molecule has 0 spiro atoms. The van der Waals surface area contributed by atoms with Crippen molar-refractivity contribution in [2.24, 2.45) is 0 Å². The minimum Gasteiger partial charge on any atom is -0.480 e.